The van der Waals surface area contributed by atoms with Gasteiger partial charge < -0.3 is 10.1 Å². The van der Waals surface area contributed by atoms with Crippen LogP contribution >= 0.6 is 24.0 Å². The summed E-state index contributed by atoms with van der Waals surface area (Å²) in [5, 5.41) is 3.21. The molecule has 16 heavy (non-hydrogen) atoms. The van der Waals surface area contributed by atoms with Gasteiger partial charge in [-0.3, -0.25) is 0 Å². The zero-order chi connectivity index (χ0) is 11.7. The van der Waals surface area contributed by atoms with Gasteiger partial charge in [-0.1, -0.05) is 6.58 Å². The van der Waals surface area contributed by atoms with Crippen molar-refractivity contribution in [1.29, 1.82) is 0 Å². The van der Waals surface area contributed by atoms with Gasteiger partial charge >= 0.3 is 5.97 Å². The summed E-state index contributed by atoms with van der Waals surface area (Å²) in [5.74, 6) is -0.263. The molecule has 0 unspecified atom stereocenters. The molecule has 1 aromatic heterocycles. The molecule has 1 aliphatic heterocycles. The molecule has 5 heteroatoms. The highest BCUT2D eigenvalue weighted by Crippen LogP contribution is 2.37. The SMILES string of the molecule is C=C1CNCc2c(C(=O)OCC)sc(S)c21. The number of rotatable bonds is 2. The van der Waals surface area contributed by atoms with E-state index in [1.54, 1.807) is 6.92 Å². The smallest absolute Gasteiger partial charge is 0.348 e. The van der Waals surface area contributed by atoms with E-state index in [9.17, 15) is 4.79 Å². The van der Waals surface area contributed by atoms with Crippen molar-refractivity contribution in [3.05, 3.63) is 22.6 Å². The average Bonchev–Trinajstić information content (AvgIpc) is 2.58. The van der Waals surface area contributed by atoms with Gasteiger partial charge in [0.2, 0.25) is 0 Å². The van der Waals surface area contributed by atoms with E-state index >= 15 is 0 Å². The lowest BCUT2D eigenvalue weighted by atomic mass is 10.0. The number of carbonyl (C=O) groups excluding carboxylic acids is 1. The monoisotopic (exact) mass is 255 g/mol. The van der Waals surface area contributed by atoms with Crippen LogP contribution in [0.3, 0.4) is 0 Å². The lowest BCUT2D eigenvalue weighted by Crippen LogP contribution is -2.23. The zero-order valence-electron chi connectivity index (χ0n) is 9.00. The summed E-state index contributed by atoms with van der Waals surface area (Å²) in [6.45, 7) is 7.60. The standard InChI is InChI=1S/C11H13NO2S2/c1-3-14-10(13)9-7-5-12-4-6(2)8(7)11(15)16-9/h12,15H,2-5H2,1H3. The van der Waals surface area contributed by atoms with Crippen LogP contribution in [-0.2, 0) is 11.3 Å². The van der Waals surface area contributed by atoms with E-state index in [1.807, 2.05) is 0 Å². The van der Waals surface area contributed by atoms with E-state index in [4.69, 9.17) is 4.74 Å². The number of hydrogen-bond acceptors (Lipinski definition) is 5. The molecule has 0 aromatic carbocycles. The number of thiophene rings is 1. The van der Waals surface area contributed by atoms with Gasteiger partial charge in [0.1, 0.15) is 4.88 Å². The molecule has 1 aromatic rings. The second-order valence-electron chi connectivity index (χ2n) is 3.52. The number of fused-ring (bicyclic) bond motifs is 1. The molecule has 0 atom stereocenters. The number of hydrogen-bond donors (Lipinski definition) is 2. The summed E-state index contributed by atoms with van der Waals surface area (Å²) in [7, 11) is 0. The quantitative estimate of drug-likeness (QED) is 0.629. The molecule has 2 heterocycles. The summed E-state index contributed by atoms with van der Waals surface area (Å²) in [6, 6.07) is 0. The van der Waals surface area contributed by atoms with Crippen LogP contribution in [0.25, 0.3) is 5.57 Å². The average molecular weight is 255 g/mol. The fourth-order valence-electron chi connectivity index (χ4n) is 1.77. The van der Waals surface area contributed by atoms with Gasteiger partial charge in [-0.25, -0.2) is 4.79 Å². The summed E-state index contributed by atoms with van der Waals surface area (Å²) >= 11 is 5.77. The Bertz CT molecular complexity index is 451. The molecule has 0 aliphatic carbocycles. The summed E-state index contributed by atoms with van der Waals surface area (Å²) in [4.78, 5) is 12.4. The number of esters is 1. The van der Waals surface area contributed by atoms with Gasteiger partial charge in [0.25, 0.3) is 0 Å². The Labute approximate surface area is 104 Å². The van der Waals surface area contributed by atoms with Gasteiger partial charge in [0, 0.05) is 24.2 Å². The van der Waals surface area contributed by atoms with Crippen molar-refractivity contribution >= 4 is 35.5 Å². The molecule has 0 saturated heterocycles. The van der Waals surface area contributed by atoms with E-state index in [0.29, 0.717) is 18.0 Å². The topological polar surface area (TPSA) is 38.3 Å². The minimum Gasteiger partial charge on any atom is -0.462 e. The Morgan fingerprint density at radius 3 is 3.06 bits per heavy atom. The maximum absolute atomic E-state index is 11.7. The predicted molar refractivity (Wildman–Crippen MR) is 68.3 cm³/mol. The van der Waals surface area contributed by atoms with E-state index in [2.05, 4.69) is 24.5 Å². The molecule has 0 fully saturated rings. The molecule has 0 bridgehead atoms. The van der Waals surface area contributed by atoms with Crippen molar-refractivity contribution in [3.8, 4) is 0 Å². The highest BCUT2D eigenvalue weighted by atomic mass is 32.2. The highest BCUT2D eigenvalue weighted by molar-refractivity contribution is 7.83. The lowest BCUT2D eigenvalue weighted by molar-refractivity contribution is 0.0530. The van der Waals surface area contributed by atoms with Crippen LogP contribution in [-0.4, -0.2) is 19.1 Å². The van der Waals surface area contributed by atoms with E-state index < -0.39 is 0 Å². The summed E-state index contributed by atoms with van der Waals surface area (Å²) in [6.07, 6.45) is 0. The van der Waals surface area contributed by atoms with Crippen LogP contribution in [0.2, 0.25) is 0 Å². The van der Waals surface area contributed by atoms with Gasteiger partial charge in [-0.2, -0.15) is 0 Å². The van der Waals surface area contributed by atoms with Crippen molar-refractivity contribution in [2.24, 2.45) is 0 Å². The number of nitrogens with one attached hydrogen (secondary N) is 1. The fraction of sp³-hybridized carbons (Fsp3) is 0.364. The minimum absolute atomic E-state index is 0.263. The van der Waals surface area contributed by atoms with E-state index in [-0.39, 0.29) is 5.97 Å². The third-order valence-corrected chi connectivity index (χ3v) is 3.96. The molecule has 1 N–H and O–H groups in total. The third-order valence-electron chi connectivity index (χ3n) is 2.44. The van der Waals surface area contributed by atoms with Crippen LogP contribution in [0.1, 0.15) is 27.7 Å². The van der Waals surface area contributed by atoms with Crippen molar-refractivity contribution < 1.29 is 9.53 Å². The molecule has 86 valence electrons. The van der Waals surface area contributed by atoms with Crippen molar-refractivity contribution in [2.45, 2.75) is 17.7 Å². The van der Waals surface area contributed by atoms with Crippen LogP contribution in [0.15, 0.2) is 10.8 Å². The second kappa shape index (κ2) is 4.61. The third kappa shape index (κ3) is 1.90. The first-order valence-corrected chi connectivity index (χ1v) is 6.32. The molecular formula is C11H13NO2S2. The minimum atomic E-state index is -0.263. The number of thiol groups is 1. The number of ether oxygens (including phenoxy) is 1. The molecule has 2 rings (SSSR count). The first-order chi connectivity index (χ1) is 7.65. The Balaban J connectivity index is 2.45. The van der Waals surface area contributed by atoms with Crippen LogP contribution < -0.4 is 5.32 Å². The second-order valence-corrected chi connectivity index (χ2v) is 5.29. The normalized spacial score (nSPS) is 14.8. The first-order valence-electron chi connectivity index (χ1n) is 5.05. The van der Waals surface area contributed by atoms with Crippen molar-refractivity contribution in [3.63, 3.8) is 0 Å². The molecule has 0 spiro atoms. The molecule has 3 nitrogen and oxygen atoms in total. The molecule has 0 amide bonds. The first kappa shape index (κ1) is 11.7. The summed E-state index contributed by atoms with van der Waals surface area (Å²) in [5.41, 5.74) is 2.98. The largest absolute Gasteiger partial charge is 0.462 e. The Kier molecular flexibility index (Phi) is 3.37. The molecule has 1 aliphatic rings. The fourth-order valence-corrected chi connectivity index (χ4v) is 3.34. The summed E-state index contributed by atoms with van der Waals surface area (Å²) < 4.78 is 5.87. The molecule has 0 saturated carbocycles. The van der Waals surface area contributed by atoms with Gasteiger partial charge in [0.15, 0.2) is 0 Å². The number of carbonyl (C=O) groups is 1. The Hall–Kier alpha value is -0.780. The van der Waals surface area contributed by atoms with E-state index in [0.717, 1.165) is 27.5 Å². The predicted octanol–water partition coefficient (Wildman–Crippen LogP) is 2.33. The Morgan fingerprint density at radius 1 is 1.62 bits per heavy atom. The lowest BCUT2D eigenvalue weighted by Gasteiger charge is -2.17. The van der Waals surface area contributed by atoms with E-state index in [1.165, 1.54) is 11.3 Å². The zero-order valence-corrected chi connectivity index (χ0v) is 10.7. The van der Waals surface area contributed by atoms with Crippen molar-refractivity contribution in [1.82, 2.24) is 5.32 Å². The van der Waals surface area contributed by atoms with Crippen molar-refractivity contribution in [2.75, 3.05) is 13.2 Å². The van der Waals surface area contributed by atoms with Gasteiger partial charge in [-0.05, 0) is 12.5 Å². The molecular weight excluding hydrogens is 242 g/mol. The van der Waals surface area contributed by atoms with Gasteiger partial charge in [-0.15, -0.1) is 24.0 Å². The van der Waals surface area contributed by atoms with Crippen LogP contribution in [0.4, 0.5) is 0 Å². The van der Waals surface area contributed by atoms with Crippen LogP contribution in [0.5, 0.6) is 0 Å². The van der Waals surface area contributed by atoms with Gasteiger partial charge in [0.05, 0.1) is 10.8 Å². The molecule has 0 radical (unpaired) electrons. The Morgan fingerprint density at radius 2 is 2.38 bits per heavy atom. The highest BCUT2D eigenvalue weighted by Gasteiger charge is 2.25. The van der Waals surface area contributed by atoms with Crippen LogP contribution in [0, 0.1) is 0 Å². The maximum Gasteiger partial charge on any atom is 0.348 e. The maximum atomic E-state index is 11.7.